The number of hydrogen-bond acceptors (Lipinski definition) is 7. The van der Waals surface area contributed by atoms with Crippen molar-refractivity contribution in [2.24, 2.45) is 0 Å². The molecule has 0 bridgehead atoms. The average molecular weight is 502 g/mol. The summed E-state index contributed by atoms with van der Waals surface area (Å²) in [4.78, 5) is 29.6. The lowest BCUT2D eigenvalue weighted by Gasteiger charge is -2.14. The number of aliphatic carboxylic acids is 1. The van der Waals surface area contributed by atoms with E-state index in [0.717, 1.165) is 18.5 Å². The van der Waals surface area contributed by atoms with Gasteiger partial charge in [0.2, 0.25) is 5.95 Å². The lowest BCUT2D eigenvalue weighted by atomic mass is 10.2. The SMILES string of the molecule is O=C(O)CCCNC(=O)Nc1nc2ccc(OS(=O)(=O)c3ccc(NC4CCCC4)cc3)cc2[nH]1. The third kappa shape index (κ3) is 6.63. The summed E-state index contributed by atoms with van der Waals surface area (Å²) < 4.78 is 30.8. The molecular weight excluding hydrogens is 474 g/mol. The summed E-state index contributed by atoms with van der Waals surface area (Å²) in [6, 6.07) is 10.9. The number of nitrogens with zero attached hydrogens (tertiary/aromatic N) is 1. The minimum Gasteiger partial charge on any atom is -0.481 e. The number of imidazole rings is 1. The molecule has 5 N–H and O–H groups in total. The fourth-order valence-electron chi connectivity index (χ4n) is 3.89. The van der Waals surface area contributed by atoms with Crippen LogP contribution in [0.1, 0.15) is 38.5 Å². The van der Waals surface area contributed by atoms with Crippen molar-refractivity contribution in [3.8, 4) is 5.75 Å². The predicted octanol–water partition coefficient (Wildman–Crippen LogP) is 3.67. The van der Waals surface area contributed by atoms with E-state index in [4.69, 9.17) is 9.29 Å². The molecule has 1 saturated carbocycles. The number of H-pyrrole nitrogens is 1. The van der Waals surface area contributed by atoms with Gasteiger partial charge in [-0.05, 0) is 55.7 Å². The van der Waals surface area contributed by atoms with E-state index in [9.17, 15) is 18.0 Å². The Labute approximate surface area is 202 Å². The lowest BCUT2D eigenvalue weighted by Crippen LogP contribution is -2.30. The highest BCUT2D eigenvalue weighted by atomic mass is 32.2. The number of carbonyl (C=O) groups excluding carboxylic acids is 1. The Morgan fingerprint density at radius 2 is 1.86 bits per heavy atom. The number of rotatable bonds is 10. The number of urea groups is 1. The molecule has 1 aliphatic carbocycles. The molecule has 0 unspecified atom stereocenters. The largest absolute Gasteiger partial charge is 0.481 e. The average Bonchev–Trinajstić information content (AvgIpc) is 3.46. The van der Waals surface area contributed by atoms with Crippen LogP contribution in [0.5, 0.6) is 5.75 Å². The Bertz CT molecular complexity index is 1300. The summed E-state index contributed by atoms with van der Waals surface area (Å²) >= 11 is 0. The van der Waals surface area contributed by atoms with Crippen molar-refractivity contribution in [1.29, 1.82) is 0 Å². The maximum Gasteiger partial charge on any atom is 0.339 e. The number of benzene rings is 2. The molecule has 3 aromatic rings. The van der Waals surface area contributed by atoms with Crippen molar-refractivity contribution in [1.82, 2.24) is 15.3 Å². The number of aromatic nitrogens is 2. The highest BCUT2D eigenvalue weighted by Gasteiger charge is 2.19. The Balaban J connectivity index is 1.37. The zero-order chi connectivity index (χ0) is 24.8. The zero-order valence-electron chi connectivity index (χ0n) is 18.9. The Morgan fingerprint density at radius 1 is 1.11 bits per heavy atom. The predicted molar refractivity (Wildman–Crippen MR) is 130 cm³/mol. The molecule has 2 aromatic carbocycles. The van der Waals surface area contributed by atoms with E-state index in [-0.39, 0.29) is 29.6 Å². The fraction of sp³-hybridized carbons (Fsp3) is 0.348. The molecule has 35 heavy (non-hydrogen) atoms. The third-order valence-electron chi connectivity index (χ3n) is 5.61. The van der Waals surface area contributed by atoms with Gasteiger partial charge in [-0.15, -0.1) is 0 Å². The summed E-state index contributed by atoms with van der Waals surface area (Å²) in [6.07, 6.45) is 4.91. The van der Waals surface area contributed by atoms with Crippen LogP contribution in [-0.2, 0) is 14.9 Å². The molecule has 0 saturated heterocycles. The topological polar surface area (TPSA) is 163 Å². The monoisotopic (exact) mass is 501 g/mol. The Morgan fingerprint density at radius 3 is 2.57 bits per heavy atom. The Kier molecular flexibility index (Phi) is 7.39. The van der Waals surface area contributed by atoms with E-state index in [1.807, 2.05) is 0 Å². The van der Waals surface area contributed by atoms with Gasteiger partial charge in [0.05, 0.1) is 11.0 Å². The highest BCUT2D eigenvalue weighted by molar-refractivity contribution is 7.87. The summed E-state index contributed by atoms with van der Waals surface area (Å²) in [7, 11) is -4.04. The van der Waals surface area contributed by atoms with Crippen molar-refractivity contribution in [3.63, 3.8) is 0 Å². The summed E-state index contributed by atoms with van der Waals surface area (Å²) in [5, 5.41) is 17.1. The van der Waals surface area contributed by atoms with Gasteiger partial charge < -0.3 is 24.9 Å². The lowest BCUT2D eigenvalue weighted by molar-refractivity contribution is -0.137. The second-order valence-corrected chi connectivity index (χ2v) is 9.88. The van der Waals surface area contributed by atoms with Crippen LogP contribution in [0, 0.1) is 0 Å². The maximum atomic E-state index is 12.7. The van der Waals surface area contributed by atoms with E-state index in [1.54, 1.807) is 18.2 Å². The van der Waals surface area contributed by atoms with E-state index >= 15 is 0 Å². The van der Waals surface area contributed by atoms with Crippen molar-refractivity contribution in [2.45, 2.75) is 49.5 Å². The second-order valence-electron chi connectivity index (χ2n) is 8.33. The van der Waals surface area contributed by atoms with Gasteiger partial charge in [-0.2, -0.15) is 8.42 Å². The van der Waals surface area contributed by atoms with Crippen LogP contribution in [0.3, 0.4) is 0 Å². The molecule has 186 valence electrons. The molecule has 1 aliphatic rings. The van der Waals surface area contributed by atoms with Crippen molar-refractivity contribution in [3.05, 3.63) is 42.5 Å². The molecule has 12 heteroatoms. The molecule has 4 rings (SSSR count). The number of carboxylic acids is 1. The first-order valence-corrected chi connectivity index (χ1v) is 12.8. The molecule has 1 fully saturated rings. The third-order valence-corrected chi connectivity index (χ3v) is 6.87. The van der Waals surface area contributed by atoms with Gasteiger partial charge in [0.15, 0.2) is 0 Å². The number of fused-ring (bicyclic) bond motifs is 1. The van der Waals surface area contributed by atoms with Crippen LogP contribution >= 0.6 is 0 Å². The number of nitrogens with one attached hydrogen (secondary N) is 4. The molecule has 0 radical (unpaired) electrons. The van der Waals surface area contributed by atoms with Crippen LogP contribution in [0.2, 0.25) is 0 Å². The van der Waals surface area contributed by atoms with Crippen LogP contribution in [0.25, 0.3) is 11.0 Å². The molecule has 0 aliphatic heterocycles. The molecule has 1 heterocycles. The van der Waals surface area contributed by atoms with Gasteiger partial charge >= 0.3 is 22.1 Å². The summed E-state index contributed by atoms with van der Waals surface area (Å²) in [5.74, 6) is -0.682. The van der Waals surface area contributed by atoms with E-state index < -0.39 is 22.1 Å². The van der Waals surface area contributed by atoms with Crippen molar-refractivity contribution >= 4 is 44.8 Å². The van der Waals surface area contributed by atoms with Crippen molar-refractivity contribution in [2.75, 3.05) is 17.2 Å². The number of hydrogen-bond donors (Lipinski definition) is 5. The first-order chi connectivity index (χ1) is 16.8. The summed E-state index contributed by atoms with van der Waals surface area (Å²) in [5.41, 5.74) is 1.84. The number of carbonyl (C=O) groups is 2. The number of carboxylic acid groups (broad SMARTS) is 1. The van der Waals surface area contributed by atoms with Gasteiger partial charge in [-0.1, -0.05) is 12.8 Å². The zero-order valence-corrected chi connectivity index (χ0v) is 19.7. The van der Waals surface area contributed by atoms with Crippen molar-refractivity contribution < 1.29 is 27.3 Å². The molecule has 0 spiro atoms. The maximum absolute atomic E-state index is 12.7. The van der Waals surface area contributed by atoms with Crippen LogP contribution in [-0.4, -0.2) is 48.1 Å². The smallest absolute Gasteiger partial charge is 0.339 e. The minimum absolute atomic E-state index is 0.0427. The standard InChI is InChI=1S/C23H27N5O6S/c29-21(30)6-3-13-24-23(31)28-22-26-19-12-9-17(14-20(19)27-22)34-35(32,33)18-10-7-16(8-11-18)25-15-4-1-2-5-15/h7-12,14-15,25H,1-6,13H2,(H,29,30)(H3,24,26,27,28,31). The molecule has 2 amide bonds. The highest BCUT2D eigenvalue weighted by Crippen LogP contribution is 2.26. The van der Waals surface area contributed by atoms with Gasteiger partial charge in [-0.3, -0.25) is 10.1 Å². The summed E-state index contributed by atoms with van der Waals surface area (Å²) in [6.45, 7) is 0.200. The van der Waals surface area contributed by atoms with Crippen LogP contribution in [0.15, 0.2) is 47.4 Å². The molecule has 0 atom stereocenters. The minimum atomic E-state index is -4.04. The molecule has 11 nitrogen and oxygen atoms in total. The van der Waals surface area contributed by atoms with Gasteiger partial charge in [-0.25, -0.2) is 9.78 Å². The normalized spacial score (nSPS) is 14.1. The van der Waals surface area contributed by atoms with Crippen LogP contribution < -0.4 is 20.1 Å². The van der Waals surface area contributed by atoms with E-state index in [2.05, 4.69) is 25.9 Å². The first kappa shape index (κ1) is 24.3. The second kappa shape index (κ2) is 10.6. The van der Waals surface area contributed by atoms with Gasteiger partial charge in [0.1, 0.15) is 10.6 Å². The molecule has 1 aromatic heterocycles. The number of anilines is 2. The van der Waals surface area contributed by atoms with E-state index in [1.165, 1.54) is 37.1 Å². The number of aromatic amines is 1. The number of amides is 2. The quantitative estimate of drug-likeness (QED) is 0.208. The van der Waals surface area contributed by atoms with E-state index in [0.29, 0.717) is 23.5 Å². The van der Waals surface area contributed by atoms with Gasteiger partial charge in [0.25, 0.3) is 0 Å². The first-order valence-electron chi connectivity index (χ1n) is 11.4. The van der Waals surface area contributed by atoms with Gasteiger partial charge in [0, 0.05) is 30.8 Å². The Hall–Kier alpha value is -3.80. The molecular formula is C23H27N5O6S. The fourth-order valence-corrected chi connectivity index (χ4v) is 4.81. The van der Waals surface area contributed by atoms with Crippen LogP contribution in [0.4, 0.5) is 16.4 Å².